The maximum absolute atomic E-state index is 12.8. The van der Waals surface area contributed by atoms with Gasteiger partial charge in [-0.3, -0.25) is 4.68 Å². The maximum atomic E-state index is 12.8. The van der Waals surface area contributed by atoms with Crippen LogP contribution in [0.2, 0.25) is 0 Å². The van der Waals surface area contributed by atoms with Gasteiger partial charge in [0.25, 0.3) is 0 Å². The van der Waals surface area contributed by atoms with Crippen LogP contribution < -0.4 is 15.4 Å². The quantitative estimate of drug-likeness (QED) is 0.253. The minimum Gasteiger partial charge on any atom is -0.494 e. The number of nitrogens with zero attached hydrogens (tertiary/aromatic N) is 3. The third-order valence-electron chi connectivity index (χ3n) is 3.61. The van der Waals surface area contributed by atoms with E-state index >= 15 is 0 Å². The Hall–Kier alpha value is -1.84. The smallest absolute Gasteiger partial charge is 0.191 e. The van der Waals surface area contributed by atoms with E-state index in [1.165, 1.54) is 12.1 Å². The average molecular weight is 475 g/mol. The third kappa shape index (κ3) is 8.03. The summed E-state index contributed by atoms with van der Waals surface area (Å²) in [7, 11) is 1.91. The zero-order valence-corrected chi connectivity index (χ0v) is 17.6. The highest BCUT2D eigenvalue weighted by Crippen LogP contribution is 2.11. The van der Waals surface area contributed by atoms with E-state index < -0.39 is 0 Å². The first-order valence-corrected chi connectivity index (χ1v) is 8.56. The van der Waals surface area contributed by atoms with Crippen LogP contribution in [0.25, 0.3) is 0 Å². The zero-order chi connectivity index (χ0) is 17.9. The van der Waals surface area contributed by atoms with E-state index in [1.807, 2.05) is 24.7 Å². The van der Waals surface area contributed by atoms with Crippen molar-refractivity contribution in [1.29, 1.82) is 0 Å². The minimum atomic E-state index is -0.252. The molecule has 0 spiro atoms. The van der Waals surface area contributed by atoms with E-state index in [0.29, 0.717) is 18.9 Å². The van der Waals surface area contributed by atoms with Crippen LogP contribution in [0, 0.1) is 5.82 Å². The number of hydrogen-bond acceptors (Lipinski definition) is 3. The molecule has 0 saturated carbocycles. The number of unbranched alkanes of at least 4 members (excludes halogenated alkanes) is 1. The standard InChI is InChI=1S/C18H26FN5O.HI/c1-3-20-18(22-14-16-10-12-23-24(16)2)21-11-4-5-13-25-17-8-6-15(19)7-9-17;/h6-10,12H,3-5,11,13-14H2,1-2H3,(H2,20,21,22);1H. The van der Waals surface area contributed by atoms with Crippen LogP contribution in [0.3, 0.4) is 0 Å². The van der Waals surface area contributed by atoms with Crippen molar-refractivity contribution in [2.45, 2.75) is 26.3 Å². The summed E-state index contributed by atoms with van der Waals surface area (Å²) in [5.74, 6) is 1.24. The molecule has 0 fully saturated rings. The number of benzene rings is 1. The number of aliphatic imine (C=N–C) groups is 1. The van der Waals surface area contributed by atoms with Crippen LogP contribution >= 0.6 is 24.0 Å². The van der Waals surface area contributed by atoms with Crippen LogP contribution in [0.4, 0.5) is 4.39 Å². The molecule has 0 radical (unpaired) electrons. The highest BCUT2D eigenvalue weighted by atomic mass is 127. The summed E-state index contributed by atoms with van der Waals surface area (Å²) in [5, 5.41) is 10.7. The first kappa shape index (κ1) is 22.2. The van der Waals surface area contributed by atoms with Gasteiger partial charge in [0, 0.05) is 26.3 Å². The van der Waals surface area contributed by atoms with E-state index in [0.717, 1.165) is 37.6 Å². The Morgan fingerprint density at radius 1 is 1.19 bits per heavy atom. The van der Waals surface area contributed by atoms with Crippen LogP contribution in [0.1, 0.15) is 25.5 Å². The van der Waals surface area contributed by atoms with E-state index in [1.54, 1.807) is 18.3 Å². The number of aromatic nitrogens is 2. The lowest BCUT2D eigenvalue weighted by atomic mass is 10.3. The SMILES string of the molecule is CCNC(=NCc1ccnn1C)NCCCCOc1ccc(F)cc1.I. The van der Waals surface area contributed by atoms with Crippen LogP contribution in [-0.4, -0.2) is 35.4 Å². The Labute approximate surface area is 171 Å². The number of hydrogen-bond donors (Lipinski definition) is 2. The van der Waals surface area contributed by atoms with Gasteiger partial charge in [-0.05, 0) is 50.1 Å². The predicted molar refractivity (Wildman–Crippen MR) is 113 cm³/mol. The molecule has 1 aromatic carbocycles. The summed E-state index contributed by atoms with van der Waals surface area (Å²) in [6.07, 6.45) is 3.63. The Bertz CT molecular complexity index is 660. The lowest BCUT2D eigenvalue weighted by Crippen LogP contribution is -2.37. The molecule has 1 aromatic heterocycles. The first-order valence-electron chi connectivity index (χ1n) is 8.56. The van der Waals surface area contributed by atoms with Crippen molar-refractivity contribution in [3.05, 3.63) is 48.0 Å². The molecule has 2 rings (SSSR count). The van der Waals surface area contributed by atoms with Gasteiger partial charge in [0.05, 0.1) is 18.8 Å². The van der Waals surface area contributed by atoms with Crippen LogP contribution in [0.15, 0.2) is 41.5 Å². The Morgan fingerprint density at radius 2 is 1.96 bits per heavy atom. The van der Waals surface area contributed by atoms with Gasteiger partial charge >= 0.3 is 0 Å². The number of nitrogens with one attached hydrogen (secondary N) is 2. The van der Waals surface area contributed by atoms with Gasteiger partial charge in [-0.2, -0.15) is 5.10 Å². The summed E-state index contributed by atoms with van der Waals surface area (Å²) in [4.78, 5) is 4.56. The van der Waals surface area contributed by atoms with Gasteiger partial charge in [0.15, 0.2) is 5.96 Å². The fraction of sp³-hybridized carbons (Fsp3) is 0.444. The Morgan fingerprint density at radius 3 is 2.62 bits per heavy atom. The third-order valence-corrected chi connectivity index (χ3v) is 3.61. The van der Waals surface area contributed by atoms with E-state index in [9.17, 15) is 4.39 Å². The topological polar surface area (TPSA) is 63.5 Å². The minimum absolute atomic E-state index is 0. The van der Waals surface area contributed by atoms with Gasteiger partial charge < -0.3 is 15.4 Å². The van der Waals surface area contributed by atoms with E-state index in [2.05, 4.69) is 20.7 Å². The molecule has 0 aliphatic heterocycles. The molecule has 1 heterocycles. The molecule has 0 amide bonds. The Kier molecular flexibility index (Phi) is 10.7. The Balaban J connectivity index is 0.00000338. The molecular formula is C18H27FIN5O. The van der Waals surface area contributed by atoms with Crippen LogP contribution in [-0.2, 0) is 13.6 Å². The molecule has 0 atom stereocenters. The van der Waals surface area contributed by atoms with Crippen molar-refractivity contribution < 1.29 is 9.13 Å². The lowest BCUT2D eigenvalue weighted by molar-refractivity contribution is 0.306. The van der Waals surface area contributed by atoms with Gasteiger partial charge in [-0.25, -0.2) is 9.38 Å². The van der Waals surface area contributed by atoms with Gasteiger partial charge in [-0.15, -0.1) is 24.0 Å². The van der Waals surface area contributed by atoms with Crippen molar-refractivity contribution >= 4 is 29.9 Å². The lowest BCUT2D eigenvalue weighted by Gasteiger charge is -2.11. The number of halogens is 2. The molecule has 0 aliphatic rings. The average Bonchev–Trinajstić information content (AvgIpc) is 3.02. The second-order valence-corrected chi connectivity index (χ2v) is 5.58. The molecule has 8 heteroatoms. The van der Waals surface area contributed by atoms with Gasteiger partial charge in [0.1, 0.15) is 11.6 Å². The van der Waals surface area contributed by atoms with Crippen molar-refractivity contribution in [3.8, 4) is 5.75 Å². The highest BCUT2D eigenvalue weighted by Gasteiger charge is 2.00. The summed E-state index contributed by atoms with van der Waals surface area (Å²) < 4.78 is 20.2. The molecule has 26 heavy (non-hydrogen) atoms. The molecule has 0 unspecified atom stereocenters. The normalized spacial score (nSPS) is 11.0. The molecule has 0 saturated heterocycles. The fourth-order valence-corrected chi connectivity index (χ4v) is 2.21. The number of aryl methyl sites for hydroxylation is 1. The van der Waals surface area contributed by atoms with Crippen molar-refractivity contribution in [3.63, 3.8) is 0 Å². The van der Waals surface area contributed by atoms with Crippen molar-refractivity contribution in [2.75, 3.05) is 19.7 Å². The predicted octanol–water partition coefficient (Wildman–Crippen LogP) is 3.09. The zero-order valence-electron chi connectivity index (χ0n) is 15.2. The molecular weight excluding hydrogens is 448 g/mol. The van der Waals surface area contributed by atoms with Crippen molar-refractivity contribution in [1.82, 2.24) is 20.4 Å². The molecule has 144 valence electrons. The fourth-order valence-electron chi connectivity index (χ4n) is 2.21. The largest absolute Gasteiger partial charge is 0.494 e. The molecule has 0 bridgehead atoms. The van der Waals surface area contributed by atoms with Gasteiger partial charge in [0.2, 0.25) is 0 Å². The summed E-state index contributed by atoms with van der Waals surface area (Å²) in [6.45, 7) is 4.85. The molecule has 6 nitrogen and oxygen atoms in total. The highest BCUT2D eigenvalue weighted by molar-refractivity contribution is 14.0. The second-order valence-electron chi connectivity index (χ2n) is 5.58. The van der Waals surface area contributed by atoms with E-state index in [4.69, 9.17) is 4.74 Å². The first-order chi connectivity index (χ1) is 12.2. The monoisotopic (exact) mass is 475 g/mol. The molecule has 2 N–H and O–H groups in total. The van der Waals surface area contributed by atoms with Crippen molar-refractivity contribution in [2.24, 2.45) is 12.0 Å². The number of guanidine groups is 1. The summed E-state index contributed by atoms with van der Waals surface area (Å²) >= 11 is 0. The van der Waals surface area contributed by atoms with E-state index in [-0.39, 0.29) is 29.8 Å². The second kappa shape index (κ2) is 12.5. The van der Waals surface area contributed by atoms with Gasteiger partial charge in [-0.1, -0.05) is 0 Å². The van der Waals surface area contributed by atoms with Crippen LogP contribution in [0.5, 0.6) is 5.75 Å². The molecule has 2 aromatic rings. The summed E-state index contributed by atoms with van der Waals surface area (Å²) in [6, 6.07) is 8.04. The summed E-state index contributed by atoms with van der Waals surface area (Å²) in [5.41, 5.74) is 1.06. The number of ether oxygens (including phenoxy) is 1. The molecule has 0 aliphatic carbocycles. The number of rotatable bonds is 9. The maximum Gasteiger partial charge on any atom is 0.191 e.